The van der Waals surface area contributed by atoms with E-state index in [-0.39, 0.29) is 23.3 Å². The molecule has 0 aromatic rings. The molecule has 0 atom stereocenters. The van der Waals surface area contributed by atoms with E-state index in [0.29, 0.717) is 0 Å². The maximum atomic E-state index is 11.2. The highest BCUT2D eigenvalue weighted by atomic mass is 27.0. The molecule has 0 saturated carbocycles. The van der Waals surface area contributed by atoms with Crippen LogP contribution in [0, 0.1) is 5.92 Å². The molecule has 0 rings (SSSR count). The predicted octanol–water partition coefficient (Wildman–Crippen LogP) is 5.00. The van der Waals surface area contributed by atoms with E-state index < -0.39 is 5.97 Å². The van der Waals surface area contributed by atoms with Gasteiger partial charge < -0.3 is 5.11 Å². The van der Waals surface area contributed by atoms with Crippen LogP contribution in [-0.4, -0.2) is 28.4 Å². The Kier molecular flexibility index (Phi) is 20.0. The molecule has 21 heavy (non-hydrogen) atoms. The Morgan fingerprint density at radius 2 is 1.05 bits per heavy atom. The van der Waals surface area contributed by atoms with E-state index in [1.807, 2.05) is 0 Å². The van der Waals surface area contributed by atoms with Crippen LogP contribution < -0.4 is 0 Å². The highest BCUT2D eigenvalue weighted by Crippen LogP contribution is 2.19. The molecule has 0 saturated heterocycles. The topological polar surface area (TPSA) is 37.3 Å². The predicted molar refractivity (Wildman–Crippen MR) is 97.1 cm³/mol. The van der Waals surface area contributed by atoms with Gasteiger partial charge in [0.25, 0.3) is 0 Å². The second kappa shape index (κ2) is 18.1. The van der Waals surface area contributed by atoms with Crippen molar-refractivity contribution in [3.63, 3.8) is 0 Å². The summed E-state index contributed by atoms with van der Waals surface area (Å²) in [6.45, 7) is 4.45. The molecule has 0 aliphatic carbocycles. The van der Waals surface area contributed by atoms with Gasteiger partial charge in [-0.1, -0.05) is 90.9 Å². The van der Waals surface area contributed by atoms with Gasteiger partial charge in [0.2, 0.25) is 0 Å². The van der Waals surface area contributed by atoms with Crippen LogP contribution in [0.25, 0.3) is 0 Å². The molecule has 0 amide bonds. The average molecular weight is 314 g/mol. The molecule has 0 spiro atoms. The summed E-state index contributed by atoms with van der Waals surface area (Å²) < 4.78 is 0. The molecule has 0 aromatic heterocycles. The van der Waals surface area contributed by atoms with Crippen LogP contribution in [-0.2, 0) is 4.79 Å². The van der Waals surface area contributed by atoms with Crippen molar-refractivity contribution in [2.24, 2.45) is 5.92 Å². The average Bonchev–Trinajstić information content (AvgIpc) is 2.43. The fourth-order valence-corrected chi connectivity index (χ4v) is 2.73. The Hall–Kier alpha value is 0.00247. The van der Waals surface area contributed by atoms with E-state index in [4.69, 9.17) is 0 Å². The van der Waals surface area contributed by atoms with Gasteiger partial charge in [-0.15, -0.1) is 0 Å². The molecule has 0 aliphatic heterocycles. The zero-order valence-electron chi connectivity index (χ0n) is 13.8. The van der Waals surface area contributed by atoms with Crippen molar-refractivity contribution in [1.82, 2.24) is 0 Å². The monoisotopic (exact) mass is 314 g/mol. The Morgan fingerprint density at radius 1 is 0.714 bits per heavy atom. The van der Waals surface area contributed by atoms with Gasteiger partial charge in [-0.3, -0.25) is 4.79 Å². The normalized spacial score (nSPS) is 10.6. The summed E-state index contributed by atoms with van der Waals surface area (Å²) in [7, 11) is 0. The summed E-state index contributed by atoms with van der Waals surface area (Å²) in [4.78, 5) is 11.2. The summed E-state index contributed by atoms with van der Waals surface area (Å²) in [5.41, 5.74) is 0. The van der Waals surface area contributed by atoms with Gasteiger partial charge >= 0.3 is 5.97 Å². The summed E-state index contributed by atoms with van der Waals surface area (Å²) in [5, 5.41) is 9.25. The minimum absolute atomic E-state index is 0. The van der Waals surface area contributed by atoms with Gasteiger partial charge in [0.05, 0.1) is 5.92 Å². The number of hydrogen-bond acceptors (Lipinski definition) is 1. The Bertz CT molecular complexity index is 203. The Balaban J connectivity index is 0. The lowest BCUT2D eigenvalue weighted by molar-refractivity contribution is -0.142. The third-order valence-corrected chi connectivity index (χ3v) is 4.16. The number of hydrogen-bond donors (Lipinski definition) is 1. The molecule has 2 nitrogen and oxygen atoms in total. The standard InChI is InChI=1S/C18H36O2.Al.3H/c1-3-5-7-9-11-13-15-17(18(19)20)16-14-12-10-8-6-4-2;;;;/h17H,3-16H2,1-2H3,(H,19,20);;;;. The van der Waals surface area contributed by atoms with E-state index in [1.54, 1.807) is 0 Å². The van der Waals surface area contributed by atoms with Crippen LogP contribution in [0.2, 0.25) is 0 Å². The smallest absolute Gasteiger partial charge is 0.306 e. The molecule has 126 valence electrons. The van der Waals surface area contributed by atoms with Gasteiger partial charge in [-0.05, 0) is 12.8 Å². The molecule has 0 bridgehead atoms. The fourth-order valence-electron chi connectivity index (χ4n) is 2.73. The second-order valence-electron chi connectivity index (χ2n) is 6.15. The van der Waals surface area contributed by atoms with Gasteiger partial charge in [0.15, 0.2) is 17.4 Å². The molecule has 3 heteroatoms. The van der Waals surface area contributed by atoms with Gasteiger partial charge in [0.1, 0.15) is 0 Å². The lowest BCUT2D eigenvalue weighted by atomic mass is 9.94. The SMILES string of the molecule is CCCCCCCCC(CCCCCCCC)C(=O)O.[AlH3]. The summed E-state index contributed by atoms with van der Waals surface area (Å²) in [6, 6.07) is 0. The van der Waals surface area contributed by atoms with Crippen LogP contribution in [0.5, 0.6) is 0 Å². The molecular formula is C18H39AlO2. The zero-order chi connectivity index (χ0) is 15.1. The first-order chi connectivity index (χ1) is 9.72. The van der Waals surface area contributed by atoms with Crippen molar-refractivity contribution in [3.05, 3.63) is 0 Å². The van der Waals surface area contributed by atoms with Crippen molar-refractivity contribution >= 4 is 23.3 Å². The van der Waals surface area contributed by atoms with E-state index in [1.165, 1.54) is 64.2 Å². The van der Waals surface area contributed by atoms with Crippen LogP contribution in [0.4, 0.5) is 0 Å². The highest BCUT2D eigenvalue weighted by Gasteiger charge is 2.16. The van der Waals surface area contributed by atoms with Gasteiger partial charge in [-0.2, -0.15) is 0 Å². The molecule has 0 aliphatic rings. The van der Waals surface area contributed by atoms with E-state index in [2.05, 4.69) is 13.8 Å². The number of carboxylic acid groups (broad SMARTS) is 1. The maximum Gasteiger partial charge on any atom is 0.306 e. The van der Waals surface area contributed by atoms with Crippen molar-refractivity contribution in [1.29, 1.82) is 0 Å². The van der Waals surface area contributed by atoms with Crippen LogP contribution in [0.15, 0.2) is 0 Å². The van der Waals surface area contributed by atoms with Crippen molar-refractivity contribution < 1.29 is 9.90 Å². The summed E-state index contributed by atoms with van der Waals surface area (Å²) in [6.07, 6.45) is 16.7. The first-order valence-electron chi connectivity index (χ1n) is 8.95. The third kappa shape index (κ3) is 16.2. The summed E-state index contributed by atoms with van der Waals surface area (Å²) in [5.74, 6) is -0.667. The number of unbranched alkanes of at least 4 members (excludes halogenated alkanes) is 10. The Labute approximate surface area is 143 Å². The highest BCUT2D eigenvalue weighted by molar-refractivity contribution is 5.75. The second-order valence-corrected chi connectivity index (χ2v) is 6.15. The first-order valence-corrected chi connectivity index (χ1v) is 8.95. The quantitative estimate of drug-likeness (QED) is 0.341. The minimum Gasteiger partial charge on any atom is -0.481 e. The van der Waals surface area contributed by atoms with Crippen LogP contribution >= 0.6 is 0 Å². The van der Waals surface area contributed by atoms with Crippen LogP contribution in [0.1, 0.15) is 104 Å². The summed E-state index contributed by atoms with van der Waals surface area (Å²) >= 11 is 0. The number of aliphatic carboxylic acids is 1. The first kappa shape index (κ1) is 23.3. The van der Waals surface area contributed by atoms with Crippen LogP contribution in [0.3, 0.4) is 0 Å². The molecule has 0 unspecified atom stereocenters. The molecule has 1 N–H and O–H groups in total. The number of carbonyl (C=O) groups is 1. The number of carboxylic acids is 1. The lowest BCUT2D eigenvalue weighted by Gasteiger charge is -2.12. The van der Waals surface area contributed by atoms with E-state index >= 15 is 0 Å². The van der Waals surface area contributed by atoms with Crippen molar-refractivity contribution in [2.75, 3.05) is 0 Å². The number of rotatable bonds is 15. The molecule has 0 radical (unpaired) electrons. The largest absolute Gasteiger partial charge is 0.481 e. The molecular weight excluding hydrogens is 275 g/mol. The maximum absolute atomic E-state index is 11.2. The lowest BCUT2D eigenvalue weighted by Crippen LogP contribution is -2.13. The van der Waals surface area contributed by atoms with Gasteiger partial charge in [-0.25, -0.2) is 0 Å². The zero-order valence-corrected chi connectivity index (χ0v) is 13.8. The minimum atomic E-state index is -0.577. The van der Waals surface area contributed by atoms with Gasteiger partial charge in [0, 0.05) is 0 Å². The van der Waals surface area contributed by atoms with Crippen molar-refractivity contribution in [2.45, 2.75) is 104 Å². The van der Waals surface area contributed by atoms with E-state index in [9.17, 15) is 9.90 Å². The Morgan fingerprint density at radius 3 is 1.38 bits per heavy atom. The van der Waals surface area contributed by atoms with Crippen molar-refractivity contribution in [3.8, 4) is 0 Å². The third-order valence-electron chi connectivity index (χ3n) is 4.16. The fraction of sp³-hybridized carbons (Fsp3) is 0.944. The molecule has 0 fully saturated rings. The molecule has 0 aromatic carbocycles. The molecule has 0 heterocycles. The van der Waals surface area contributed by atoms with E-state index in [0.717, 1.165) is 25.7 Å².